The lowest BCUT2D eigenvalue weighted by Crippen LogP contribution is -2.25. The van der Waals surface area contributed by atoms with E-state index < -0.39 is 0 Å². The van der Waals surface area contributed by atoms with E-state index in [4.69, 9.17) is 0 Å². The Kier molecular flexibility index (Phi) is 6.42. The van der Waals surface area contributed by atoms with Gasteiger partial charge in [-0.3, -0.25) is 4.79 Å². The maximum atomic E-state index is 12.0. The number of amides is 1. The maximum absolute atomic E-state index is 12.0. The largest absolute Gasteiger partial charge is 0.357 e. The summed E-state index contributed by atoms with van der Waals surface area (Å²) in [4.78, 5) is 18.9. The molecule has 1 aromatic heterocycles. The SMILES string of the molecule is Cc1cccc(/C=C\C(=O)NCc2ccc(N3CCCCCC3)nc2)c1. The van der Waals surface area contributed by atoms with Crippen LogP contribution in [0.4, 0.5) is 5.82 Å². The van der Waals surface area contributed by atoms with Crippen molar-refractivity contribution in [3.63, 3.8) is 0 Å². The van der Waals surface area contributed by atoms with Gasteiger partial charge in [0.05, 0.1) is 0 Å². The molecule has 0 saturated carbocycles. The molecule has 1 amide bonds. The number of aryl methyl sites for hydroxylation is 1. The smallest absolute Gasteiger partial charge is 0.244 e. The van der Waals surface area contributed by atoms with Crippen LogP contribution < -0.4 is 10.2 Å². The molecule has 0 unspecified atom stereocenters. The molecule has 0 bridgehead atoms. The number of carbonyl (C=O) groups is 1. The number of hydrogen-bond acceptors (Lipinski definition) is 3. The lowest BCUT2D eigenvalue weighted by Gasteiger charge is -2.21. The van der Waals surface area contributed by atoms with Crippen LogP contribution in [0, 0.1) is 6.92 Å². The summed E-state index contributed by atoms with van der Waals surface area (Å²) < 4.78 is 0. The molecule has 1 saturated heterocycles. The second kappa shape index (κ2) is 9.18. The maximum Gasteiger partial charge on any atom is 0.244 e. The number of nitrogens with one attached hydrogen (secondary N) is 1. The van der Waals surface area contributed by atoms with Crippen molar-refractivity contribution in [2.75, 3.05) is 18.0 Å². The number of rotatable bonds is 5. The van der Waals surface area contributed by atoms with Crippen LogP contribution >= 0.6 is 0 Å². The van der Waals surface area contributed by atoms with E-state index in [0.717, 1.165) is 30.0 Å². The van der Waals surface area contributed by atoms with E-state index in [2.05, 4.69) is 33.4 Å². The first-order valence-electron chi connectivity index (χ1n) is 9.43. The molecule has 2 aromatic rings. The number of benzene rings is 1. The number of hydrogen-bond donors (Lipinski definition) is 1. The molecular weight excluding hydrogens is 322 g/mol. The van der Waals surface area contributed by atoms with Crippen molar-refractivity contribution in [2.24, 2.45) is 0 Å². The fraction of sp³-hybridized carbons (Fsp3) is 0.364. The molecule has 1 aliphatic rings. The van der Waals surface area contributed by atoms with Crippen molar-refractivity contribution in [1.29, 1.82) is 0 Å². The second-order valence-electron chi connectivity index (χ2n) is 6.89. The molecule has 0 atom stereocenters. The Labute approximate surface area is 155 Å². The van der Waals surface area contributed by atoms with Crippen molar-refractivity contribution in [3.8, 4) is 0 Å². The minimum atomic E-state index is -0.0944. The number of aromatic nitrogens is 1. The predicted octanol–water partition coefficient (Wildman–Crippen LogP) is 4.10. The standard InChI is InChI=1S/C22H27N3O/c1-18-7-6-8-19(15-18)10-12-22(26)24-17-20-9-11-21(23-16-20)25-13-4-2-3-5-14-25/h6-12,15-16H,2-5,13-14,17H2,1H3,(H,24,26)/b12-10-. The van der Waals surface area contributed by atoms with E-state index in [1.807, 2.05) is 37.4 Å². The van der Waals surface area contributed by atoms with Gasteiger partial charge < -0.3 is 10.2 Å². The van der Waals surface area contributed by atoms with E-state index in [9.17, 15) is 4.79 Å². The van der Waals surface area contributed by atoms with Gasteiger partial charge in [-0.1, -0.05) is 48.7 Å². The van der Waals surface area contributed by atoms with E-state index in [0.29, 0.717) is 6.54 Å². The van der Waals surface area contributed by atoms with Crippen LogP contribution in [-0.4, -0.2) is 24.0 Å². The summed E-state index contributed by atoms with van der Waals surface area (Å²) in [7, 11) is 0. The number of anilines is 1. The molecule has 0 radical (unpaired) electrons. The first-order chi connectivity index (χ1) is 12.7. The van der Waals surface area contributed by atoms with Crippen molar-refractivity contribution in [2.45, 2.75) is 39.2 Å². The molecule has 1 N–H and O–H groups in total. The van der Waals surface area contributed by atoms with Crippen LogP contribution in [0.1, 0.15) is 42.4 Å². The topological polar surface area (TPSA) is 45.2 Å². The number of nitrogens with zero attached hydrogens (tertiary/aromatic N) is 2. The highest BCUT2D eigenvalue weighted by molar-refractivity contribution is 5.91. The Morgan fingerprint density at radius 1 is 1.15 bits per heavy atom. The van der Waals surface area contributed by atoms with Crippen LogP contribution in [-0.2, 0) is 11.3 Å². The first kappa shape index (κ1) is 18.2. The molecule has 4 nitrogen and oxygen atoms in total. The van der Waals surface area contributed by atoms with E-state index in [-0.39, 0.29) is 5.91 Å². The third-order valence-corrected chi connectivity index (χ3v) is 4.68. The van der Waals surface area contributed by atoms with Gasteiger partial charge in [-0.05, 0) is 43.0 Å². The van der Waals surface area contributed by atoms with Crippen molar-refractivity contribution < 1.29 is 4.79 Å². The lowest BCUT2D eigenvalue weighted by atomic mass is 10.1. The summed E-state index contributed by atoms with van der Waals surface area (Å²) >= 11 is 0. The fourth-order valence-electron chi connectivity index (χ4n) is 3.20. The van der Waals surface area contributed by atoms with Gasteiger partial charge in [0, 0.05) is 31.9 Å². The van der Waals surface area contributed by atoms with Gasteiger partial charge in [0.1, 0.15) is 5.82 Å². The number of carbonyl (C=O) groups excluding carboxylic acids is 1. The highest BCUT2D eigenvalue weighted by Gasteiger charge is 2.10. The highest BCUT2D eigenvalue weighted by Crippen LogP contribution is 2.17. The summed E-state index contributed by atoms with van der Waals surface area (Å²) in [6.45, 7) is 4.71. The number of pyridine rings is 1. The monoisotopic (exact) mass is 349 g/mol. The van der Waals surface area contributed by atoms with Gasteiger partial charge in [0.15, 0.2) is 0 Å². The zero-order valence-corrected chi connectivity index (χ0v) is 15.4. The summed E-state index contributed by atoms with van der Waals surface area (Å²) in [6.07, 6.45) is 10.4. The third kappa shape index (κ3) is 5.45. The Balaban J connectivity index is 1.50. The second-order valence-corrected chi connectivity index (χ2v) is 6.89. The molecular formula is C22H27N3O. The summed E-state index contributed by atoms with van der Waals surface area (Å²) in [5.41, 5.74) is 3.23. The molecule has 2 heterocycles. The molecule has 1 aliphatic heterocycles. The summed E-state index contributed by atoms with van der Waals surface area (Å²) in [6, 6.07) is 12.2. The van der Waals surface area contributed by atoms with E-state index in [1.165, 1.54) is 31.2 Å². The Bertz CT molecular complexity index is 744. The quantitative estimate of drug-likeness (QED) is 0.827. The summed E-state index contributed by atoms with van der Waals surface area (Å²) in [5.74, 6) is 0.949. The fourth-order valence-corrected chi connectivity index (χ4v) is 3.20. The Hall–Kier alpha value is -2.62. The molecule has 1 fully saturated rings. The minimum absolute atomic E-state index is 0.0944. The predicted molar refractivity (Wildman–Crippen MR) is 107 cm³/mol. The molecule has 0 spiro atoms. The van der Waals surface area contributed by atoms with Crippen LogP contribution in [0.3, 0.4) is 0 Å². The van der Waals surface area contributed by atoms with Gasteiger partial charge in [0.2, 0.25) is 5.91 Å². The van der Waals surface area contributed by atoms with E-state index in [1.54, 1.807) is 6.08 Å². The Morgan fingerprint density at radius 3 is 2.65 bits per heavy atom. The van der Waals surface area contributed by atoms with Crippen LogP contribution in [0.25, 0.3) is 6.08 Å². The minimum Gasteiger partial charge on any atom is -0.357 e. The van der Waals surface area contributed by atoms with Gasteiger partial charge in [-0.25, -0.2) is 4.98 Å². The first-order valence-corrected chi connectivity index (χ1v) is 9.43. The third-order valence-electron chi connectivity index (χ3n) is 4.68. The van der Waals surface area contributed by atoms with Crippen molar-refractivity contribution in [1.82, 2.24) is 10.3 Å². The van der Waals surface area contributed by atoms with Crippen LogP contribution in [0.2, 0.25) is 0 Å². The van der Waals surface area contributed by atoms with E-state index >= 15 is 0 Å². The molecule has 26 heavy (non-hydrogen) atoms. The van der Waals surface area contributed by atoms with Gasteiger partial charge in [0.25, 0.3) is 0 Å². The average molecular weight is 349 g/mol. The molecule has 136 valence electrons. The van der Waals surface area contributed by atoms with Gasteiger partial charge >= 0.3 is 0 Å². The van der Waals surface area contributed by atoms with Crippen molar-refractivity contribution >= 4 is 17.8 Å². The van der Waals surface area contributed by atoms with Gasteiger partial charge in [-0.2, -0.15) is 0 Å². The average Bonchev–Trinajstić information content (AvgIpc) is 2.95. The summed E-state index contributed by atoms with van der Waals surface area (Å²) in [5, 5.41) is 2.91. The zero-order valence-electron chi connectivity index (χ0n) is 15.4. The van der Waals surface area contributed by atoms with Crippen LogP contribution in [0.15, 0.2) is 48.7 Å². The lowest BCUT2D eigenvalue weighted by molar-refractivity contribution is -0.116. The van der Waals surface area contributed by atoms with Crippen molar-refractivity contribution in [3.05, 3.63) is 65.4 Å². The molecule has 3 rings (SSSR count). The molecule has 0 aliphatic carbocycles. The van der Waals surface area contributed by atoms with Gasteiger partial charge in [-0.15, -0.1) is 0 Å². The zero-order chi connectivity index (χ0) is 18.2. The molecule has 1 aromatic carbocycles. The normalized spacial score (nSPS) is 15.0. The Morgan fingerprint density at radius 2 is 1.96 bits per heavy atom. The highest BCUT2D eigenvalue weighted by atomic mass is 16.1. The molecule has 4 heteroatoms. The van der Waals surface area contributed by atoms with Crippen LogP contribution in [0.5, 0.6) is 0 Å².